The summed E-state index contributed by atoms with van der Waals surface area (Å²) in [4.78, 5) is 0. The summed E-state index contributed by atoms with van der Waals surface area (Å²) in [5.74, 6) is -0.213. The molecule has 21 heavy (non-hydrogen) atoms. The topological polar surface area (TPSA) is 35.2 Å². The fraction of sp³-hybridized carbons (Fsp3) is 0.200. The summed E-state index contributed by atoms with van der Waals surface area (Å²) in [5.41, 5.74) is 4.81. The van der Waals surface area contributed by atoms with E-state index in [1.165, 1.54) is 18.2 Å². The minimum Gasteiger partial charge on any atom is -0.489 e. The smallest absolute Gasteiger partial charge is 0.416 e. The molecule has 2 rings (SSSR count). The molecule has 0 radical (unpaired) electrons. The maximum absolute atomic E-state index is 13.4. The first-order valence-electron chi connectivity index (χ1n) is 6.18. The fourth-order valence-electron chi connectivity index (χ4n) is 1.88. The second-order valence-electron chi connectivity index (χ2n) is 4.40. The number of nitrogens with two attached hydrogens (primary N) is 1. The molecular formula is C15H13F4NO. The zero-order valence-corrected chi connectivity index (χ0v) is 11.0. The van der Waals surface area contributed by atoms with E-state index in [2.05, 4.69) is 0 Å². The molecule has 2 aromatic carbocycles. The number of halogens is 4. The van der Waals surface area contributed by atoms with E-state index in [0.717, 1.165) is 6.07 Å². The van der Waals surface area contributed by atoms with Crippen LogP contribution in [0.3, 0.4) is 0 Å². The van der Waals surface area contributed by atoms with E-state index in [4.69, 9.17) is 10.5 Å². The summed E-state index contributed by atoms with van der Waals surface area (Å²) in [7, 11) is 0. The highest BCUT2D eigenvalue weighted by atomic mass is 19.4. The van der Waals surface area contributed by atoms with Crippen molar-refractivity contribution in [1.82, 2.24) is 0 Å². The molecule has 0 atom stereocenters. The van der Waals surface area contributed by atoms with E-state index in [1.54, 1.807) is 18.2 Å². The Kier molecular flexibility index (Phi) is 4.47. The molecule has 0 fully saturated rings. The zero-order valence-electron chi connectivity index (χ0n) is 11.0. The van der Waals surface area contributed by atoms with E-state index in [1.807, 2.05) is 0 Å². The van der Waals surface area contributed by atoms with Gasteiger partial charge in [0.2, 0.25) is 0 Å². The summed E-state index contributed by atoms with van der Waals surface area (Å²) >= 11 is 0. The van der Waals surface area contributed by atoms with Crippen molar-refractivity contribution in [2.75, 3.05) is 0 Å². The second-order valence-corrected chi connectivity index (χ2v) is 4.40. The monoisotopic (exact) mass is 299 g/mol. The van der Waals surface area contributed by atoms with Gasteiger partial charge in [-0.15, -0.1) is 0 Å². The minimum absolute atomic E-state index is 0.0615. The van der Waals surface area contributed by atoms with Crippen LogP contribution >= 0.6 is 0 Å². The lowest BCUT2D eigenvalue weighted by atomic mass is 10.1. The van der Waals surface area contributed by atoms with Gasteiger partial charge in [0.25, 0.3) is 0 Å². The summed E-state index contributed by atoms with van der Waals surface area (Å²) < 4.78 is 56.9. The van der Waals surface area contributed by atoms with Crippen molar-refractivity contribution in [2.45, 2.75) is 19.3 Å². The maximum Gasteiger partial charge on any atom is 0.416 e. The fourth-order valence-corrected chi connectivity index (χ4v) is 1.88. The maximum atomic E-state index is 13.4. The summed E-state index contributed by atoms with van der Waals surface area (Å²) in [5, 5.41) is 0. The number of benzene rings is 2. The quantitative estimate of drug-likeness (QED) is 0.870. The highest BCUT2D eigenvalue weighted by Gasteiger charge is 2.33. The van der Waals surface area contributed by atoms with Crippen LogP contribution in [-0.2, 0) is 19.3 Å². The Bertz CT molecular complexity index is 625. The van der Waals surface area contributed by atoms with Gasteiger partial charge in [0.05, 0.1) is 5.56 Å². The van der Waals surface area contributed by atoms with Crippen LogP contribution in [0.15, 0.2) is 42.5 Å². The molecule has 0 aliphatic heterocycles. The molecule has 0 bridgehead atoms. The molecule has 0 aromatic heterocycles. The molecule has 112 valence electrons. The molecule has 0 aliphatic carbocycles. The van der Waals surface area contributed by atoms with Gasteiger partial charge >= 0.3 is 6.18 Å². The Morgan fingerprint density at radius 3 is 2.33 bits per heavy atom. The minimum atomic E-state index is -4.46. The van der Waals surface area contributed by atoms with Gasteiger partial charge in [0.15, 0.2) is 0 Å². The average molecular weight is 299 g/mol. The van der Waals surface area contributed by atoms with Gasteiger partial charge < -0.3 is 10.5 Å². The van der Waals surface area contributed by atoms with Crippen LogP contribution in [0.25, 0.3) is 0 Å². The first kappa shape index (κ1) is 15.3. The summed E-state index contributed by atoms with van der Waals surface area (Å²) in [6.07, 6.45) is -4.46. The number of rotatable bonds is 4. The van der Waals surface area contributed by atoms with Crippen molar-refractivity contribution in [3.63, 3.8) is 0 Å². The predicted molar refractivity (Wildman–Crippen MR) is 70.1 cm³/mol. The molecule has 0 spiro atoms. The molecule has 2 nitrogen and oxygen atoms in total. The Labute approximate surface area is 119 Å². The van der Waals surface area contributed by atoms with Gasteiger partial charge in [-0.2, -0.15) is 13.2 Å². The Balaban J connectivity index is 2.17. The lowest BCUT2D eigenvalue weighted by Gasteiger charge is -2.14. The summed E-state index contributed by atoms with van der Waals surface area (Å²) in [6.45, 7) is -0.326. The van der Waals surface area contributed by atoms with Crippen LogP contribution in [0.4, 0.5) is 17.6 Å². The largest absolute Gasteiger partial charge is 0.489 e. The first-order valence-corrected chi connectivity index (χ1v) is 6.18. The third-order valence-electron chi connectivity index (χ3n) is 2.95. The SMILES string of the molecule is NCc1cc(OCc2ccccc2F)ccc1C(F)(F)F. The van der Waals surface area contributed by atoms with Crippen molar-refractivity contribution < 1.29 is 22.3 Å². The van der Waals surface area contributed by atoms with Crippen LogP contribution in [0.2, 0.25) is 0 Å². The van der Waals surface area contributed by atoms with Gasteiger partial charge in [0, 0.05) is 12.1 Å². The number of alkyl halides is 3. The van der Waals surface area contributed by atoms with E-state index >= 15 is 0 Å². The normalized spacial score (nSPS) is 11.5. The highest BCUT2D eigenvalue weighted by Crippen LogP contribution is 2.33. The molecule has 0 unspecified atom stereocenters. The molecule has 0 amide bonds. The first-order chi connectivity index (χ1) is 9.91. The van der Waals surface area contributed by atoms with Crippen molar-refractivity contribution in [3.05, 3.63) is 65.0 Å². The Morgan fingerprint density at radius 2 is 1.71 bits per heavy atom. The molecular weight excluding hydrogens is 286 g/mol. The van der Waals surface area contributed by atoms with Crippen molar-refractivity contribution in [3.8, 4) is 5.75 Å². The molecule has 0 aliphatic rings. The molecule has 0 saturated carbocycles. The zero-order chi connectivity index (χ0) is 15.5. The predicted octanol–water partition coefficient (Wildman–Crippen LogP) is 3.88. The van der Waals surface area contributed by atoms with Crippen molar-refractivity contribution in [1.29, 1.82) is 0 Å². The summed E-state index contributed by atoms with van der Waals surface area (Å²) in [6, 6.07) is 9.37. The van der Waals surface area contributed by atoms with Gasteiger partial charge in [0.1, 0.15) is 18.2 Å². The van der Waals surface area contributed by atoms with Gasteiger partial charge in [-0.25, -0.2) is 4.39 Å². The Morgan fingerprint density at radius 1 is 1.00 bits per heavy atom. The second kappa shape index (κ2) is 6.13. The van der Waals surface area contributed by atoms with E-state index in [0.29, 0.717) is 5.56 Å². The lowest BCUT2D eigenvalue weighted by molar-refractivity contribution is -0.138. The molecule has 2 aromatic rings. The van der Waals surface area contributed by atoms with Crippen LogP contribution in [0.5, 0.6) is 5.75 Å². The third-order valence-corrected chi connectivity index (χ3v) is 2.95. The van der Waals surface area contributed by atoms with E-state index < -0.39 is 17.6 Å². The van der Waals surface area contributed by atoms with E-state index in [9.17, 15) is 17.6 Å². The number of hydrogen-bond acceptors (Lipinski definition) is 2. The van der Waals surface area contributed by atoms with Gasteiger partial charge in [-0.3, -0.25) is 0 Å². The number of hydrogen-bond donors (Lipinski definition) is 1. The standard InChI is InChI=1S/C15H13F4NO/c16-14-4-2-1-3-10(14)9-21-12-5-6-13(15(17,18)19)11(7-12)8-20/h1-7H,8-9,20H2. The van der Waals surface area contributed by atoms with Crippen LogP contribution in [-0.4, -0.2) is 0 Å². The Hall–Kier alpha value is -2.08. The average Bonchev–Trinajstić information content (AvgIpc) is 2.45. The highest BCUT2D eigenvalue weighted by molar-refractivity contribution is 5.37. The van der Waals surface area contributed by atoms with Crippen LogP contribution in [0, 0.1) is 5.82 Å². The van der Waals surface area contributed by atoms with E-state index in [-0.39, 0.29) is 24.5 Å². The van der Waals surface area contributed by atoms with Crippen molar-refractivity contribution >= 4 is 0 Å². The molecule has 2 N–H and O–H groups in total. The van der Waals surface area contributed by atoms with Crippen LogP contribution < -0.4 is 10.5 Å². The van der Waals surface area contributed by atoms with Crippen LogP contribution in [0.1, 0.15) is 16.7 Å². The molecule has 0 saturated heterocycles. The van der Waals surface area contributed by atoms with Gasteiger partial charge in [-0.1, -0.05) is 18.2 Å². The lowest BCUT2D eigenvalue weighted by Crippen LogP contribution is -2.12. The molecule has 0 heterocycles. The third kappa shape index (κ3) is 3.72. The van der Waals surface area contributed by atoms with Crippen molar-refractivity contribution in [2.24, 2.45) is 5.73 Å². The number of ether oxygens (including phenoxy) is 1. The van der Waals surface area contributed by atoms with Gasteiger partial charge in [-0.05, 0) is 29.8 Å². The molecule has 6 heteroatoms.